The normalized spacial score (nSPS) is 10.3. The minimum atomic E-state index is -0.276. The Morgan fingerprint density at radius 2 is 2.19 bits per heavy atom. The van der Waals surface area contributed by atoms with Gasteiger partial charge in [-0.05, 0) is 12.1 Å². The van der Waals surface area contributed by atoms with E-state index in [1.807, 2.05) is 12.1 Å². The van der Waals surface area contributed by atoms with Gasteiger partial charge < -0.3 is 5.32 Å². The molecule has 1 aromatic carbocycles. The Bertz CT molecular complexity index is 589. The first-order valence-electron chi connectivity index (χ1n) is 4.87. The number of hydrogen-bond donors (Lipinski definition) is 1. The maximum atomic E-state index is 11.6. The van der Waals surface area contributed by atoms with Crippen LogP contribution in [0.1, 0.15) is 0 Å². The quantitative estimate of drug-likeness (QED) is 0.778. The third kappa shape index (κ3) is 1.79. The zero-order chi connectivity index (χ0) is 11.5. The molecule has 0 saturated carbocycles. The van der Waals surface area contributed by atoms with E-state index in [-0.39, 0.29) is 18.0 Å². The van der Waals surface area contributed by atoms with E-state index in [4.69, 9.17) is 0 Å². The van der Waals surface area contributed by atoms with Crippen molar-refractivity contribution in [2.45, 2.75) is 6.54 Å². The maximum Gasteiger partial charge on any atom is 0.269 e. The summed E-state index contributed by atoms with van der Waals surface area (Å²) in [6, 6.07) is 7.22. The van der Waals surface area contributed by atoms with E-state index < -0.39 is 0 Å². The largest absolute Gasteiger partial charge is 0.358 e. The molecule has 5 nitrogen and oxygen atoms in total. The van der Waals surface area contributed by atoms with Crippen molar-refractivity contribution < 1.29 is 4.79 Å². The van der Waals surface area contributed by atoms with E-state index in [1.54, 1.807) is 12.1 Å². The number of carbonyl (C=O) groups is 1. The van der Waals surface area contributed by atoms with Gasteiger partial charge in [-0.25, -0.2) is 4.98 Å². The van der Waals surface area contributed by atoms with Crippen LogP contribution in [0.4, 0.5) is 0 Å². The molecule has 0 spiro atoms. The van der Waals surface area contributed by atoms with Gasteiger partial charge in [0.2, 0.25) is 5.91 Å². The second-order valence-corrected chi connectivity index (χ2v) is 3.34. The Morgan fingerprint density at radius 3 is 2.94 bits per heavy atom. The van der Waals surface area contributed by atoms with E-state index in [9.17, 15) is 9.59 Å². The first-order valence-corrected chi connectivity index (χ1v) is 4.87. The highest BCUT2D eigenvalue weighted by Crippen LogP contribution is 2.07. The SMILES string of the molecule is CNC(=O)Cn1c(=O)cnc2ccccc21. The maximum absolute atomic E-state index is 11.6. The molecule has 0 unspecified atom stereocenters. The van der Waals surface area contributed by atoms with Gasteiger partial charge in [0, 0.05) is 7.05 Å². The first kappa shape index (κ1) is 10.4. The van der Waals surface area contributed by atoms with Crippen molar-refractivity contribution in [1.29, 1.82) is 0 Å². The molecule has 0 aliphatic heterocycles. The molecule has 0 aliphatic carbocycles. The summed E-state index contributed by atoms with van der Waals surface area (Å²) in [6.45, 7) is 0.0123. The third-order valence-corrected chi connectivity index (χ3v) is 2.33. The van der Waals surface area contributed by atoms with Crippen molar-refractivity contribution in [2.75, 3.05) is 7.05 Å². The fraction of sp³-hybridized carbons (Fsp3) is 0.182. The summed E-state index contributed by atoms with van der Waals surface area (Å²) in [5.41, 5.74) is 1.09. The van der Waals surface area contributed by atoms with Gasteiger partial charge in [-0.2, -0.15) is 0 Å². The lowest BCUT2D eigenvalue weighted by molar-refractivity contribution is -0.121. The highest BCUT2D eigenvalue weighted by Gasteiger charge is 2.06. The van der Waals surface area contributed by atoms with Gasteiger partial charge in [-0.3, -0.25) is 14.2 Å². The van der Waals surface area contributed by atoms with Crippen LogP contribution in [0, 0.1) is 0 Å². The van der Waals surface area contributed by atoms with Crippen molar-refractivity contribution in [3.63, 3.8) is 0 Å². The lowest BCUT2D eigenvalue weighted by atomic mass is 10.3. The molecule has 1 N–H and O–H groups in total. The van der Waals surface area contributed by atoms with Crippen LogP contribution in [0.3, 0.4) is 0 Å². The smallest absolute Gasteiger partial charge is 0.269 e. The average molecular weight is 217 g/mol. The monoisotopic (exact) mass is 217 g/mol. The summed E-state index contributed by atoms with van der Waals surface area (Å²) in [6.07, 6.45) is 1.23. The van der Waals surface area contributed by atoms with Crippen molar-refractivity contribution in [3.8, 4) is 0 Å². The summed E-state index contributed by atoms with van der Waals surface area (Å²) in [5.74, 6) is -0.210. The topological polar surface area (TPSA) is 64.0 Å². The Balaban J connectivity index is 2.61. The summed E-state index contributed by atoms with van der Waals surface area (Å²) in [7, 11) is 1.54. The van der Waals surface area contributed by atoms with E-state index in [1.165, 1.54) is 17.8 Å². The highest BCUT2D eigenvalue weighted by atomic mass is 16.2. The molecule has 5 heteroatoms. The number of benzene rings is 1. The number of para-hydroxylation sites is 2. The number of carbonyl (C=O) groups excluding carboxylic acids is 1. The van der Waals surface area contributed by atoms with Crippen molar-refractivity contribution in [1.82, 2.24) is 14.9 Å². The number of nitrogens with zero attached hydrogens (tertiary/aromatic N) is 2. The molecule has 0 atom stereocenters. The van der Waals surface area contributed by atoms with Gasteiger partial charge in [0.25, 0.3) is 5.56 Å². The lowest BCUT2D eigenvalue weighted by Gasteiger charge is -2.07. The van der Waals surface area contributed by atoms with Crippen LogP contribution in [0.5, 0.6) is 0 Å². The summed E-state index contributed by atoms with van der Waals surface area (Å²) < 4.78 is 1.40. The molecule has 2 aromatic rings. The van der Waals surface area contributed by atoms with Crippen molar-refractivity contribution in [3.05, 3.63) is 40.8 Å². The second-order valence-electron chi connectivity index (χ2n) is 3.34. The molecule has 0 saturated heterocycles. The van der Waals surface area contributed by atoms with Crippen LogP contribution in [0.15, 0.2) is 35.3 Å². The Hall–Kier alpha value is -2.17. The number of likely N-dealkylation sites (N-methyl/N-ethyl adjacent to an activating group) is 1. The second kappa shape index (κ2) is 4.14. The van der Waals surface area contributed by atoms with Crippen LogP contribution in [0.2, 0.25) is 0 Å². The van der Waals surface area contributed by atoms with Crippen LogP contribution < -0.4 is 10.9 Å². The lowest BCUT2D eigenvalue weighted by Crippen LogP contribution is -2.30. The van der Waals surface area contributed by atoms with Crippen LogP contribution in [-0.4, -0.2) is 22.5 Å². The Morgan fingerprint density at radius 1 is 1.44 bits per heavy atom. The van der Waals surface area contributed by atoms with Crippen LogP contribution >= 0.6 is 0 Å². The predicted octanol–water partition coefficient (Wildman–Crippen LogP) is 0.142. The summed E-state index contributed by atoms with van der Waals surface area (Å²) in [4.78, 5) is 26.9. The van der Waals surface area contributed by atoms with E-state index in [0.29, 0.717) is 11.0 Å². The molecule has 0 aliphatic rings. The fourth-order valence-electron chi connectivity index (χ4n) is 1.50. The molecule has 16 heavy (non-hydrogen) atoms. The average Bonchev–Trinajstić information content (AvgIpc) is 2.32. The zero-order valence-corrected chi connectivity index (χ0v) is 8.80. The first-order chi connectivity index (χ1) is 7.72. The standard InChI is InChI=1S/C11H11N3O2/c1-12-10(15)7-14-9-5-3-2-4-8(9)13-6-11(14)16/h2-6H,7H2,1H3,(H,12,15). The Labute approximate surface area is 91.7 Å². The third-order valence-electron chi connectivity index (χ3n) is 2.33. The molecule has 1 aromatic heterocycles. The molecule has 1 amide bonds. The van der Waals surface area contributed by atoms with Gasteiger partial charge >= 0.3 is 0 Å². The fourth-order valence-corrected chi connectivity index (χ4v) is 1.50. The zero-order valence-electron chi connectivity index (χ0n) is 8.80. The van der Waals surface area contributed by atoms with Gasteiger partial charge in [-0.15, -0.1) is 0 Å². The number of aromatic nitrogens is 2. The van der Waals surface area contributed by atoms with Crippen LogP contribution in [-0.2, 0) is 11.3 Å². The van der Waals surface area contributed by atoms with E-state index in [0.717, 1.165) is 0 Å². The van der Waals surface area contributed by atoms with Gasteiger partial charge in [0.15, 0.2) is 0 Å². The Kier molecular flexibility index (Phi) is 2.68. The molecular weight excluding hydrogens is 206 g/mol. The number of hydrogen-bond acceptors (Lipinski definition) is 3. The molecule has 0 fully saturated rings. The molecule has 0 bridgehead atoms. The number of amides is 1. The number of fused-ring (bicyclic) bond motifs is 1. The molecule has 1 heterocycles. The van der Waals surface area contributed by atoms with Gasteiger partial charge in [0.05, 0.1) is 17.2 Å². The summed E-state index contributed by atoms with van der Waals surface area (Å²) in [5, 5.41) is 2.49. The molecular formula is C11H11N3O2. The molecule has 0 radical (unpaired) electrons. The summed E-state index contributed by atoms with van der Waals surface area (Å²) >= 11 is 0. The van der Waals surface area contributed by atoms with Crippen molar-refractivity contribution in [2.24, 2.45) is 0 Å². The van der Waals surface area contributed by atoms with Crippen LogP contribution in [0.25, 0.3) is 11.0 Å². The highest BCUT2D eigenvalue weighted by molar-refractivity contribution is 5.79. The van der Waals surface area contributed by atoms with E-state index in [2.05, 4.69) is 10.3 Å². The predicted molar refractivity (Wildman–Crippen MR) is 60.1 cm³/mol. The van der Waals surface area contributed by atoms with Gasteiger partial charge in [0.1, 0.15) is 6.54 Å². The molecule has 2 rings (SSSR count). The van der Waals surface area contributed by atoms with Crippen molar-refractivity contribution >= 4 is 16.9 Å². The van der Waals surface area contributed by atoms with Gasteiger partial charge in [-0.1, -0.05) is 12.1 Å². The van der Waals surface area contributed by atoms with E-state index >= 15 is 0 Å². The minimum absolute atomic E-state index is 0.0123. The minimum Gasteiger partial charge on any atom is -0.358 e. The number of rotatable bonds is 2. The molecule has 82 valence electrons. The number of nitrogens with one attached hydrogen (secondary N) is 1.